The van der Waals surface area contributed by atoms with Crippen LogP contribution in [-0.4, -0.2) is 103 Å². The molecule has 2 amide bonds. The molecule has 2 unspecified atom stereocenters. The van der Waals surface area contributed by atoms with Crippen LogP contribution in [0.4, 0.5) is 15.9 Å². The fraction of sp³-hybridized carbons (Fsp3) is 0.459. The highest BCUT2D eigenvalue weighted by atomic mass is 35.5. The van der Waals surface area contributed by atoms with Crippen molar-refractivity contribution in [3.05, 3.63) is 64.3 Å². The molecular weight excluding hydrogens is 801 g/mol. The van der Waals surface area contributed by atoms with Gasteiger partial charge in [-0.25, -0.2) is 41.2 Å². The third-order valence-corrected chi connectivity index (χ3v) is 12.4. The van der Waals surface area contributed by atoms with E-state index in [2.05, 4.69) is 45.9 Å². The molecule has 5 aromatic rings. The molecule has 0 bridgehead atoms. The number of methoxy groups -OCH3 is 1. The average molecular weight is 846 g/mol. The van der Waals surface area contributed by atoms with Crippen LogP contribution in [0.2, 0.25) is 5.15 Å². The molecule has 5 N–H and O–H groups in total. The third-order valence-electron chi connectivity index (χ3n) is 10.0. The number of aromatic nitrogens is 6. The minimum absolute atomic E-state index is 0.0449. The molecule has 0 spiro atoms. The van der Waals surface area contributed by atoms with Crippen molar-refractivity contribution in [2.24, 2.45) is 11.8 Å². The number of aromatic amines is 2. The van der Waals surface area contributed by atoms with E-state index in [1.807, 2.05) is 0 Å². The van der Waals surface area contributed by atoms with E-state index in [0.717, 1.165) is 46.1 Å². The predicted octanol–water partition coefficient (Wildman–Crippen LogP) is 3.77. The quantitative estimate of drug-likeness (QED) is 0.0843. The molecule has 4 aromatic heterocycles. The van der Waals surface area contributed by atoms with Gasteiger partial charge in [0, 0.05) is 54.9 Å². The molecule has 2 atom stereocenters. The second kappa shape index (κ2) is 17.7. The Bertz CT molecular complexity index is 2510. The summed E-state index contributed by atoms with van der Waals surface area (Å²) in [6.45, 7) is 0.691. The lowest BCUT2D eigenvalue weighted by atomic mass is 9.86. The van der Waals surface area contributed by atoms with Gasteiger partial charge in [-0.05, 0) is 74.6 Å². The maximum absolute atomic E-state index is 13.6. The number of carbonyl (C=O) groups excluding carboxylic acids is 2. The van der Waals surface area contributed by atoms with E-state index in [4.69, 9.17) is 16.3 Å². The van der Waals surface area contributed by atoms with Crippen molar-refractivity contribution in [3.8, 4) is 5.75 Å². The number of H-pyrrole nitrogens is 2. The number of amides is 2. The van der Waals surface area contributed by atoms with E-state index in [9.17, 15) is 30.8 Å². The van der Waals surface area contributed by atoms with Crippen molar-refractivity contribution in [1.29, 1.82) is 0 Å². The first-order valence-electron chi connectivity index (χ1n) is 18.5. The van der Waals surface area contributed by atoms with Crippen molar-refractivity contribution in [2.45, 2.75) is 51.4 Å². The zero-order valence-corrected chi connectivity index (χ0v) is 34.1. The van der Waals surface area contributed by atoms with Gasteiger partial charge in [0.15, 0.2) is 0 Å². The summed E-state index contributed by atoms with van der Waals surface area (Å²) in [7, 11) is -4.58. The Morgan fingerprint density at radius 3 is 1.89 bits per heavy atom. The number of rotatable bonds is 13. The summed E-state index contributed by atoms with van der Waals surface area (Å²) in [6.07, 6.45) is 10.00. The topological polar surface area (TPSA) is 231 Å². The van der Waals surface area contributed by atoms with Gasteiger partial charge in [0.2, 0.25) is 11.8 Å². The van der Waals surface area contributed by atoms with Crippen LogP contribution in [0.15, 0.2) is 30.9 Å². The van der Waals surface area contributed by atoms with E-state index in [1.165, 1.54) is 44.4 Å². The zero-order valence-electron chi connectivity index (χ0n) is 31.7. The Labute approximate surface area is 334 Å². The molecule has 0 saturated heterocycles. The maximum atomic E-state index is 13.6. The van der Waals surface area contributed by atoms with Crippen LogP contribution in [0.25, 0.3) is 22.1 Å². The van der Waals surface area contributed by atoms with E-state index < -0.39 is 25.5 Å². The van der Waals surface area contributed by atoms with E-state index in [-0.39, 0.29) is 35.2 Å². The minimum atomic E-state index is -3.05. The average Bonchev–Trinajstić information content (AvgIpc) is 3.74. The Hall–Kier alpha value is -4.88. The summed E-state index contributed by atoms with van der Waals surface area (Å²) in [6, 6.07) is 4.20. The van der Waals surface area contributed by atoms with E-state index in [1.54, 1.807) is 6.07 Å². The molecule has 0 radical (unpaired) electrons. The van der Waals surface area contributed by atoms with Gasteiger partial charge in [-0.1, -0.05) is 11.6 Å². The van der Waals surface area contributed by atoms with Crippen LogP contribution in [0.3, 0.4) is 0 Å². The largest absolute Gasteiger partial charge is 0.494 e. The highest BCUT2D eigenvalue weighted by Gasteiger charge is 2.30. The molecule has 0 fully saturated rings. The number of carbonyl (C=O) groups is 2. The molecular formula is C37H45ClFN9O7S2. The first kappa shape index (κ1) is 41.7. The SMILES string of the molecule is COc1cc(F)ccc1Nc1ncnc2[nH]c3c(c12)CC(C(=O)NCCCS(C)(=O)=O)CC3.CS(=O)(=O)CCCNC(=O)C1CCc2[nH]c3ncnc(Cl)c3c2C1. The second-order valence-corrected chi connectivity index (χ2v) is 19.3. The van der Waals surface area contributed by atoms with Crippen LogP contribution in [-0.2, 0) is 54.9 Å². The minimum Gasteiger partial charge on any atom is -0.494 e. The normalized spacial score (nSPS) is 16.6. The number of anilines is 2. The van der Waals surface area contributed by atoms with Crippen molar-refractivity contribution < 1.29 is 35.6 Å². The lowest BCUT2D eigenvalue weighted by Gasteiger charge is -2.22. The van der Waals surface area contributed by atoms with Crippen LogP contribution >= 0.6 is 11.6 Å². The monoisotopic (exact) mass is 845 g/mol. The third kappa shape index (κ3) is 10.6. The summed E-state index contributed by atoms with van der Waals surface area (Å²) in [5, 5.41) is 10.9. The molecule has 306 valence electrons. The summed E-state index contributed by atoms with van der Waals surface area (Å²) >= 11 is 6.18. The molecule has 2 aliphatic carbocycles. The number of hydrogen-bond donors (Lipinski definition) is 5. The number of halogens is 2. The van der Waals surface area contributed by atoms with E-state index in [0.29, 0.717) is 85.3 Å². The highest BCUT2D eigenvalue weighted by Crippen LogP contribution is 2.37. The highest BCUT2D eigenvalue weighted by molar-refractivity contribution is 7.90. The number of ether oxygens (including phenoxy) is 1. The van der Waals surface area contributed by atoms with Crippen molar-refractivity contribution >= 4 is 76.7 Å². The van der Waals surface area contributed by atoms with Crippen LogP contribution < -0.4 is 20.7 Å². The van der Waals surface area contributed by atoms with Gasteiger partial charge >= 0.3 is 0 Å². The van der Waals surface area contributed by atoms with Gasteiger partial charge in [0.1, 0.15) is 66.2 Å². The van der Waals surface area contributed by atoms with Crippen LogP contribution in [0.1, 0.15) is 48.2 Å². The number of nitrogens with zero attached hydrogens (tertiary/aromatic N) is 4. The fourth-order valence-corrected chi connectivity index (χ4v) is 8.85. The summed E-state index contributed by atoms with van der Waals surface area (Å²) < 4.78 is 63.6. The second-order valence-electron chi connectivity index (χ2n) is 14.4. The van der Waals surface area contributed by atoms with E-state index >= 15 is 0 Å². The number of fused-ring (bicyclic) bond motifs is 6. The molecule has 0 aliphatic heterocycles. The Balaban J connectivity index is 0.000000203. The first-order chi connectivity index (χ1) is 27.1. The van der Waals surface area contributed by atoms with Gasteiger partial charge < -0.3 is 30.7 Å². The Morgan fingerprint density at radius 2 is 1.35 bits per heavy atom. The van der Waals surface area contributed by atoms with Gasteiger partial charge in [-0.3, -0.25) is 9.59 Å². The molecule has 16 nitrogen and oxygen atoms in total. The maximum Gasteiger partial charge on any atom is 0.223 e. The molecule has 2 aliphatic rings. The fourth-order valence-electron chi connectivity index (χ4n) is 7.26. The van der Waals surface area contributed by atoms with Crippen LogP contribution in [0.5, 0.6) is 5.75 Å². The molecule has 0 saturated carbocycles. The zero-order chi connectivity index (χ0) is 40.9. The lowest BCUT2D eigenvalue weighted by molar-refractivity contribution is -0.126. The lowest BCUT2D eigenvalue weighted by Crippen LogP contribution is -2.35. The number of benzene rings is 1. The summed E-state index contributed by atoms with van der Waals surface area (Å²) in [4.78, 5) is 48.6. The Morgan fingerprint density at radius 1 is 0.825 bits per heavy atom. The summed E-state index contributed by atoms with van der Waals surface area (Å²) in [5.41, 5.74) is 5.98. The smallest absolute Gasteiger partial charge is 0.223 e. The predicted molar refractivity (Wildman–Crippen MR) is 215 cm³/mol. The van der Waals surface area contributed by atoms with Gasteiger partial charge in [0.05, 0.1) is 35.1 Å². The summed E-state index contributed by atoms with van der Waals surface area (Å²) in [5.74, 6) is 0.0887. The van der Waals surface area contributed by atoms with Crippen LogP contribution in [0, 0.1) is 17.7 Å². The molecule has 4 heterocycles. The molecule has 57 heavy (non-hydrogen) atoms. The standard InChI is InChI=1S/C22H26FN5O4S.C15H19ClN4O3S/c1-32-18-11-14(23)5-7-17(18)28-21-19-15-10-13(22(29)24-8-3-9-33(2,30)31)4-6-16(15)27-20(19)25-12-26-21;1-24(22,23)6-2-5-17-15(21)9-3-4-11-10(7-9)12-13(16)18-8-19-14(12)20-11/h5,7,11-13H,3-4,6,8-10H2,1-2H3,(H,24,29)(H2,25,26,27,28);8-9H,2-7H2,1H3,(H,17,21)(H,18,19,20). The van der Waals surface area contributed by atoms with Gasteiger partial charge in [-0.15, -0.1) is 0 Å². The number of hydrogen-bond acceptors (Lipinski definition) is 12. The number of nitrogens with one attached hydrogen (secondary N) is 5. The van der Waals surface area contributed by atoms with Crippen molar-refractivity contribution in [1.82, 2.24) is 40.5 Å². The molecule has 20 heteroatoms. The number of aryl methyl sites for hydroxylation is 2. The van der Waals surface area contributed by atoms with Gasteiger partial charge in [-0.2, -0.15) is 0 Å². The number of sulfone groups is 2. The Kier molecular flexibility index (Phi) is 13.0. The van der Waals surface area contributed by atoms with Crippen molar-refractivity contribution in [2.75, 3.05) is 49.5 Å². The van der Waals surface area contributed by atoms with Gasteiger partial charge in [0.25, 0.3) is 0 Å². The molecule has 7 rings (SSSR count). The molecule has 1 aromatic carbocycles. The van der Waals surface area contributed by atoms with Crippen molar-refractivity contribution in [3.63, 3.8) is 0 Å². The first-order valence-corrected chi connectivity index (χ1v) is 23.0.